The van der Waals surface area contributed by atoms with Crippen LogP contribution in [0.25, 0.3) is 11.3 Å². The van der Waals surface area contributed by atoms with Crippen LogP contribution in [0.5, 0.6) is 0 Å². The molecule has 0 radical (unpaired) electrons. The van der Waals surface area contributed by atoms with Gasteiger partial charge in [0.05, 0.1) is 11.2 Å². The van der Waals surface area contributed by atoms with Gasteiger partial charge in [0.25, 0.3) is 0 Å². The summed E-state index contributed by atoms with van der Waals surface area (Å²) in [6, 6.07) is 8.49. The quantitative estimate of drug-likeness (QED) is 0.653. The van der Waals surface area contributed by atoms with E-state index in [0.29, 0.717) is 0 Å². The van der Waals surface area contributed by atoms with Crippen molar-refractivity contribution in [1.29, 1.82) is 0 Å². The monoisotopic (exact) mass is 205 g/mol. The maximum absolute atomic E-state index is 4.40. The molecule has 0 atom stereocenters. The van der Waals surface area contributed by atoms with Crippen molar-refractivity contribution in [1.82, 2.24) is 4.98 Å². The highest BCUT2D eigenvalue weighted by Gasteiger charge is 2.17. The Hall–Kier alpha value is -0.800. The van der Waals surface area contributed by atoms with Crippen molar-refractivity contribution in [2.24, 2.45) is 0 Å². The molecule has 0 saturated heterocycles. The zero-order valence-corrected chi connectivity index (χ0v) is 8.49. The topological polar surface area (TPSA) is 12.9 Å². The van der Waals surface area contributed by atoms with Crippen LogP contribution in [0.4, 0.5) is 0 Å². The third-order valence-electron chi connectivity index (χ3n) is 2.14. The fourth-order valence-corrected chi connectivity index (χ4v) is 3.45. The lowest BCUT2D eigenvalue weighted by molar-refractivity contribution is 1.29. The molecular weight excluding hydrogens is 198 g/mol. The molecule has 64 valence electrons. The summed E-state index contributed by atoms with van der Waals surface area (Å²) in [6.45, 7) is 0. The van der Waals surface area contributed by atoms with Gasteiger partial charge in [-0.25, -0.2) is 4.98 Å². The molecule has 3 rings (SSSR count). The van der Waals surface area contributed by atoms with Crippen LogP contribution in [0.1, 0.15) is 4.88 Å². The Kier molecular flexibility index (Phi) is 1.67. The van der Waals surface area contributed by atoms with Crippen molar-refractivity contribution in [2.45, 2.75) is 10.6 Å². The lowest BCUT2D eigenvalue weighted by Gasteiger charge is -2.13. The molecule has 1 aliphatic heterocycles. The number of aromatic nitrogens is 1. The molecule has 13 heavy (non-hydrogen) atoms. The van der Waals surface area contributed by atoms with E-state index in [-0.39, 0.29) is 0 Å². The Balaban J connectivity index is 2.30. The molecule has 0 aliphatic carbocycles. The summed E-state index contributed by atoms with van der Waals surface area (Å²) in [5.41, 5.74) is 4.43. The number of benzene rings is 1. The first-order valence-corrected chi connectivity index (χ1v) is 5.96. The van der Waals surface area contributed by atoms with E-state index in [1.165, 1.54) is 21.0 Å². The summed E-state index contributed by atoms with van der Waals surface area (Å²) in [5, 5.41) is 0. The van der Waals surface area contributed by atoms with Crippen molar-refractivity contribution in [3.8, 4) is 11.3 Å². The minimum Gasteiger partial charge on any atom is -0.244 e. The summed E-state index contributed by atoms with van der Waals surface area (Å²) >= 11 is 3.66. The Morgan fingerprint density at radius 3 is 3.15 bits per heavy atom. The largest absolute Gasteiger partial charge is 0.244 e. The smallest absolute Gasteiger partial charge is 0.0863 e. The van der Waals surface area contributed by atoms with Crippen LogP contribution in [0, 0.1) is 0 Å². The molecule has 1 aromatic carbocycles. The number of nitrogens with zero attached hydrogens (tertiary/aromatic N) is 1. The highest BCUT2D eigenvalue weighted by molar-refractivity contribution is 7.98. The molecule has 0 saturated carbocycles. The zero-order valence-electron chi connectivity index (χ0n) is 6.86. The Labute approximate surface area is 84.8 Å². The molecule has 0 amide bonds. The van der Waals surface area contributed by atoms with E-state index < -0.39 is 0 Å². The minimum absolute atomic E-state index is 1.08. The normalized spacial score (nSPS) is 13.5. The van der Waals surface area contributed by atoms with Crippen LogP contribution in [-0.4, -0.2) is 4.98 Å². The lowest BCUT2D eigenvalue weighted by Crippen LogP contribution is -1.92. The zero-order chi connectivity index (χ0) is 8.67. The maximum atomic E-state index is 4.40. The predicted molar refractivity (Wildman–Crippen MR) is 57.1 cm³/mol. The number of thioether (sulfide) groups is 1. The van der Waals surface area contributed by atoms with Crippen LogP contribution in [0.3, 0.4) is 0 Å². The van der Waals surface area contributed by atoms with Gasteiger partial charge in [-0.2, -0.15) is 0 Å². The van der Waals surface area contributed by atoms with E-state index in [2.05, 4.69) is 29.2 Å². The van der Waals surface area contributed by atoms with Crippen LogP contribution >= 0.6 is 23.1 Å². The van der Waals surface area contributed by atoms with Gasteiger partial charge in [-0.1, -0.05) is 18.2 Å². The van der Waals surface area contributed by atoms with E-state index in [9.17, 15) is 0 Å². The van der Waals surface area contributed by atoms with Crippen molar-refractivity contribution < 1.29 is 0 Å². The molecule has 0 bridgehead atoms. The predicted octanol–water partition coefficient (Wildman–Crippen LogP) is 3.42. The number of hydrogen-bond acceptors (Lipinski definition) is 3. The Bertz CT molecular complexity index is 448. The molecule has 1 nitrogen and oxygen atoms in total. The molecule has 3 heteroatoms. The first-order valence-electron chi connectivity index (χ1n) is 4.10. The van der Waals surface area contributed by atoms with Gasteiger partial charge in [0, 0.05) is 21.1 Å². The summed E-state index contributed by atoms with van der Waals surface area (Å²) in [5.74, 6) is 1.08. The number of thiazole rings is 1. The number of hydrogen-bond donors (Lipinski definition) is 0. The lowest BCUT2D eigenvalue weighted by atomic mass is 10.1. The van der Waals surface area contributed by atoms with Crippen molar-refractivity contribution in [3.63, 3.8) is 0 Å². The van der Waals surface area contributed by atoms with Gasteiger partial charge in [0.1, 0.15) is 0 Å². The van der Waals surface area contributed by atoms with Gasteiger partial charge in [-0.3, -0.25) is 0 Å². The molecule has 0 N–H and O–H groups in total. The number of rotatable bonds is 0. The van der Waals surface area contributed by atoms with Crippen LogP contribution in [0.15, 0.2) is 34.7 Å². The second-order valence-corrected chi connectivity index (χ2v) is 4.87. The second kappa shape index (κ2) is 2.86. The molecule has 2 heterocycles. The van der Waals surface area contributed by atoms with E-state index in [4.69, 9.17) is 0 Å². The van der Waals surface area contributed by atoms with Crippen LogP contribution < -0.4 is 0 Å². The van der Waals surface area contributed by atoms with E-state index in [1.807, 2.05) is 17.3 Å². The molecule has 1 aliphatic rings. The van der Waals surface area contributed by atoms with E-state index in [0.717, 1.165) is 5.75 Å². The molecule has 0 unspecified atom stereocenters. The van der Waals surface area contributed by atoms with Crippen LogP contribution in [-0.2, 0) is 5.75 Å². The van der Waals surface area contributed by atoms with E-state index in [1.54, 1.807) is 11.3 Å². The minimum atomic E-state index is 1.08. The van der Waals surface area contributed by atoms with Crippen LogP contribution in [0.2, 0.25) is 0 Å². The third-order valence-corrected chi connectivity index (χ3v) is 4.26. The SMILES string of the molecule is c1ccc2c(c1)SCc1scnc1-2. The molecule has 0 spiro atoms. The molecule has 2 aromatic rings. The second-order valence-electron chi connectivity index (χ2n) is 2.91. The van der Waals surface area contributed by atoms with Crippen molar-refractivity contribution in [2.75, 3.05) is 0 Å². The van der Waals surface area contributed by atoms with Gasteiger partial charge in [-0.05, 0) is 6.07 Å². The molecule has 0 fully saturated rings. The highest BCUT2D eigenvalue weighted by atomic mass is 32.2. The fraction of sp³-hybridized carbons (Fsp3) is 0.100. The van der Waals surface area contributed by atoms with Gasteiger partial charge in [0.2, 0.25) is 0 Å². The van der Waals surface area contributed by atoms with Gasteiger partial charge in [-0.15, -0.1) is 23.1 Å². The van der Waals surface area contributed by atoms with Crippen molar-refractivity contribution >= 4 is 23.1 Å². The first kappa shape index (κ1) is 7.59. The Morgan fingerprint density at radius 1 is 1.23 bits per heavy atom. The van der Waals surface area contributed by atoms with Gasteiger partial charge < -0.3 is 0 Å². The third kappa shape index (κ3) is 1.11. The summed E-state index contributed by atoms with van der Waals surface area (Å²) in [7, 11) is 0. The van der Waals surface area contributed by atoms with E-state index >= 15 is 0 Å². The molecule has 1 aromatic heterocycles. The van der Waals surface area contributed by atoms with Crippen molar-refractivity contribution in [3.05, 3.63) is 34.7 Å². The Morgan fingerprint density at radius 2 is 2.15 bits per heavy atom. The maximum Gasteiger partial charge on any atom is 0.0863 e. The van der Waals surface area contributed by atoms with Gasteiger partial charge >= 0.3 is 0 Å². The fourth-order valence-electron chi connectivity index (χ4n) is 1.52. The first-order chi connectivity index (χ1) is 6.45. The summed E-state index contributed by atoms with van der Waals surface area (Å²) < 4.78 is 0. The standard InChI is InChI=1S/C10H7NS2/c1-2-4-8-7(3-1)10-9(5-12-8)13-6-11-10/h1-4,6H,5H2. The molecular formula is C10H7NS2. The highest BCUT2D eigenvalue weighted by Crippen LogP contribution is 2.41. The number of fused-ring (bicyclic) bond motifs is 3. The average Bonchev–Trinajstić information content (AvgIpc) is 2.65. The summed E-state index contributed by atoms with van der Waals surface area (Å²) in [4.78, 5) is 7.17. The average molecular weight is 205 g/mol. The summed E-state index contributed by atoms with van der Waals surface area (Å²) in [6.07, 6.45) is 0. The van der Waals surface area contributed by atoms with Gasteiger partial charge in [0.15, 0.2) is 0 Å².